The fourth-order valence-electron chi connectivity index (χ4n) is 3.03. The first-order valence-corrected chi connectivity index (χ1v) is 8.38. The minimum atomic E-state index is -0.680. The van der Waals surface area contributed by atoms with E-state index in [0.29, 0.717) is 17.6 Å². The van der Waals surface area contributed by atoms with Gasteiger partial charge in [0.05, 0.1) is 11.1 Å². The maximum Gasteiger partial charge on any atom is 0.240 e. The Morgan fingerprint density at radius 3 is 2.62 bits per heavy atom. The maximum atomic E-state index is 13.4. The molecule has 0 atom stereocenters. The maximum absolute atomic E-state index is 13.4. The summed E-state index contributed by atoms with van der Waals surface area (Å²) in [5.41, 5.74) is 8.13. The molecule has 1 aliphatic rings. The molecule has 4 rings (SSSR count). The van der Waals surface area contributed by atoms with E-state index < -0.39 is 5.54 Å². The highest BCUT2D eigenvalue weighted by Crippen LogP contribution is 2.32. The van der Waals surface area contributed by atoms with Crippen LogP contribution < -0.4 is 11.1 Å². The predicted octanol–water partition coefficient (Wildman–Crippen LogP) is 2.75. The van der Waals surface area contributed by atoms with Crippen LogP contribution in [0.2, 0.25) is 0 Å². The minimum absolute atomic E-state index is 0.119. The Morgan fingerprint density at radius 2 is 1.96 bits per heavy atom. The van der Waals surface area contributed by atoms with Gasteiger partial charge in [-0.2, -0.15) is 5.26 Å². The first kappa shape index (κ1) is 16.3. The van der Waals surface area contributed by atoms with Gasteiger partial charge in [-0.25, -0.2) is 4.39 Å². The molecule has 5 nitrogen and oxygen atoms in total. The van der Waals surface area contributed by atoms with Crippen LogP contribution in [0.25, 0.3) is 16.6 Å². The van der Waals surface area contributed by atoms with E-state index in [1.165, 1.54) is 12.1 Å². The molecule has 0 aliphatic heterocycles. The summed E-state index contributed by atoms with van der Waals surface area (Å²) in [6, 6.07) is 15.8. The molecule has 0 saturated heterocycles. The number of carbonyl (C=O) groups excluding carboxylic acids is 1. The molecule has 0 unspecified atom stereocenters. The number of hydrogen-bond donors (Lipinski definition) is 2. The van der Waals surface area contributed by atoms with E-state index >= 15 is 0 Å². The summed E-state index contributed by atoms with van der Waals surface area (Å²) in [5, 5.41) is 12.9. The zero-order valence-corrected chi connectivity index (χ0v) is 14.0. The molecule has 0 spiro atoms. The largest absolute Gasteiger partial charge is 0.350 e. The van der Waals surface area contributed by atoms with E-state index in [9.17, 15) is 14.4 Å². The number of nitrogens with two attached hydrogens (primary N) is 1. The molecule has 2 aromatic carbocycles. The lowest BCUT2D eigenvalue weighted by molar-refractivity contribution is -0.123. The van der Waals surface area contributed by atoms with Crippen molar-refractivity contribution in [1.29, 1.82) is 5.26 Å². The molecular formula is C20H17FN4O. The normalized spacial score (nSPS) is 14.8. The number of halogens is 1. The van der Waals surface area contributed by atoms with E-state index in [-0.39, 0.29) is 11.7 Å². The Labute approximate surface area is 149 Å². The third-order valence-corrected chi connectivity index (χ3v) is 4.77. The van der Waals surface area contributed by atoms with Crippen LogP contribution >= 0.6 is 0 Å². The molecule has 1 fully saturated rings. The number of rotatable bonds is 4. The Hall–Kier alpha value is -3.17. The van der Waals surface area contributed by atoms with Gasteiger partial charge in [0.15, 0.2) is 0 Å². The highest BCUT2D eigenvalue weighted by Gasteiger charge is 2.45. The van der Waals surface area contributed by atoms with Crippen molar-refractivity contribution >= 4 is 16.8 Å². The van der Waals surface area contributed by atoms with Gasteiger partial charge in [0, 0.05) is 17.6 Å². The molecule has 1 aromatic heterocycles. The number of nitrogens with one attached hydrogen (secondary N) is 1. The first-order chi connectivity index (χ1) is 12.5. The van der Waals surface area contributed by atoms with Gasteiger partial charge in [0.2, 0.25) is 5.91 Å². The highest BCUT2D eigenvalue weighted by molar-refractivity contribution is 5.89. The van der Waals surface area contributed by atoms with Crippen molar-refractivity contribution in [1.82, 2.24) is 9.88 Å². The van der Waals surface area contributed by atoms with Crippen molar-refractivity contribution in [3.8, 4) is 11.8 Å². The molecule has 6 heteroatoms. The number of benzene rings is 2. The second-order valence-electron chi connectivity index (χ2n) is 6.69. The average Bonchev–Trinajstić information content (AvgIpc) is 3.29. The summed E-state index contributed by atoms with van der Waals surface area (Å²) in [6.45, 7) is 0.404. The molecule has 1 aliphatic carbocycles. The summed E-state index contributed by atoms with van der Waals surface area (Å²) >= 11 is 0. The lowest BCUT2D eigenvalue weighted by Gasteiger charge is -2.11. The van der Waals surface area contributed by atoms with Crippen LogP contribution in [0.3, 0.4) is 0 Å². The van der Waals surface area contributed by atoms with Gasteiger partial charge >= 0.3 is 0 Å². The Kier molecular flexibility index (Phi) is 3.74. The molecular weight excluding hydrogens is 331 g/mol. The van der Waals surface area contributed by atoms with Crippen LogP contribution in [0.5, 0.6) is 0 Å². The molecule has 0 bridgehead atoms. The Balaban J connectivity index is 1.60. The van der Waals surface area contributed by atoms with Crippen molar-refractivity contribution in [3.63, 3.8) is 0 Å². The third kappa shape index (κ3) is 2.83. The number of fused-ring (bicyclic) bond motifs is 1. The number of aromatic nitrogens is 1. The zero-order chi connectivity index (χ0) is 18.3. The SMILES string of the molecule is N#Cc1cc2cc(F)ccc2n1-c1ccc(CNC(=O)C2(N)CC2)cc1. The quantitative estimate of drug-likeness (QED) is 0.760. The topological polar surface area (TPSA) is 83.8 Å². The smallest absolute Gasteiger partial charge is 0.240 e. The van der Waals surface area contributed by atoms with Gasteiger partial charge in [0.1, 0.15) is 17.6 Å². The average molecular weight is 348 g/mol. The van der Waals surface area contributed by atoms with Crippen molar-refractivity contribution in [2.75, 3.05) is 0 Å². The van der Waals surface area contributed by atoms with Crippen molar-refractivity contribution in [2.24, 2.45) is 5.73 Å². The predicted molar refractivity (Wildman–Crippen MR) is 95.9 cm³/mol. The van der Waals surface area contributed by atoms with Crippen LogP contribution in [0.1, 0.15) is 24.1 Å². The summed E-state index contributed by atoms with van der Waals surface area (Å²) in [6.07, 6.45) is 1.46. The van der Waals surface area contributed by atoms with Crippen LogP contribution in [0.4, 0.5) is 4.39 Å². The molecule has 3 aromatic rings. The van der Waals surface area contributed by atoms with Crippen molar-refractivity contribution in [3.05, 3.63) is 65.6 Å². The second kappa shape index (κ2) is 5.97. The number of carbonyl (C=O) groups is 1. The minimum Gasteiger partial charge on any atom is -0.350 e. The van der Waals surface area contributed by atoms with Gasteiger partial charge < -0.3 is 15.6 Å². The van der Waals surface area contributed by atoms with Gasteiger partial charge in [-0.15, -0.1) is 0 Å². The van der Waals surface area contributed by atoms with Gasteiger partial charge in [0.25, 0.3) is 0 Å². The van der Waals surface area contributed by atoms with Gasteiger partial charge in [-0.1, -0.05) is 12.1 Å². The van der Waals surface area contributed by atoms with Crippen LogP contribution in [-0.2, 0) is 11.3 Å². The molecule has 1 saturated carbocycles. The number of nitriles is 1. The zero-order valence-electron chi connectivity index (χ0n) is 14.0. The standard InChI is InChI=1S/C20H17FN4O/c21-15-3-6-18-14(9-15)10-17(11-22)25(18)16-4-1-13(2-5-16)12-24-19(26)20(23)7-8-20/h1-6,9-10H,7-8,12,23H2,(H,24,26). The molecule has 3 N–H and O–H groups in total. The summed E-state index contributed by atoms with van der Waals surface area (Å²) < 4.78 is 15.2. The molecule has 1 amide bonds. The van der Waals surface area contributed by atoms with E-state index in [1.807, 2.05) is 24.3 Å². The summed E-state index contributed by atoms with van der Waals surface area (Å²) in [5.74, 6) is -0.453. The van der Waals surface area contributed by atoms with Crippen molar-refractivity contribution < 1.29 is 9.18 Å². The van der Waals surface area contributed by atoms with E-state index in [0.717, 1.165) is 29.6 Å². The van der Waals surface area contributed by atoms with Gasteiger partial charge in [-0.3, -0.25) is 4.79 Å². The summed E-state index contributed by atoms with van der Waals surface area (Å²) in [7, 11) is 0. The Morgan fingerprint density at radius 1 is 1.23 bits per heavy atom. The second-order valence-corrected chi connectivity index (χ2v) is 6.69. The lowest BCUT2D eigenvalue weighted by atomic mass is 10.2. The van der Waals surface area contributed by atoms with Crippen LogP contribution in [-0.4, -0.2) is 16.0 Å². The first-order valence-electron chi connectivity index (χ1n) is 8.38. The van der Waals surface area contributed by atoms with Crippen LogP contribution in [0.15, 0.2) is 48.5 Å². The monoisotopic (exact) mass is 348 g/mol. The fraction of sp³-hybridized carbons (Fsp3) is 0.200. The molecule has 0 radical (unpaired) electrons. The van der Waals surface area contributed by atoms with Crippen LogP contribution in [0, 0.1) is 17.1 Å². The number of hydrogen-bond acceptors (Lipinski definition) is 3. The summed E-state index contributed by atoms with van der Waals surface area (Å²) in [4.78, 5) is 11.9. The fourth-order valence-corrected chi connectivity index (χ4v) is 3.03. The molecule has 1 heterocycles. The van der Waals surface area contributed by atoms with Crippen molar-refractivity contribution in [2.45, 2.75) is 24.9 Å². The van der Waals surface area contributed by atoms with Gasteiger partial charge in [-0.05, 0) is 54.8 Å². The molecule has 26 heavy (non-hydrogen) atoms. The highest BCUT2D eigenvalue weighted by atomic mass is 19.1. The lowest BCUT2D eigenvalue weighted by Crippen LogP contribution is -2.42. The van der Waals surface area contributed by atoms with E-state index in [2.05, 4.69) is 11.4 Å². The number of amides is 1. The third-order valence-electron chi connectivity index (χ3n) is 4.77. The Bertz CT molecular complexity index is 1040. The number of nitrogens with zero attached hydrogens (tertiary/aromatic N) is 2. The van der Waals surface area contributed by atoms with E-state index in [1.54, 1.807) is 16.7 Å². The van der Waals surface area contributed by atoms with E-state index in [4.69, 9.17) is 5.73 Å². The molecule has 130 valence electrons.